The van der Waals surface area contributed by atoms with Crippen LogP contribution in [0.3, 0.4) is 0 Å². The largest absolute Gasteiger partial charge is 0.450 e. The molecule has 7 nitrogen and oxygen atoms in total. The highest BCUT2D eigenvalue weighted by molar-refractivity contribution is 14.0. The minimum Gasteiger partial charge on any atom is -0.450 e. The number of carbonyl (C=O) groups excluding carboxylic acids is 1. The lowest BCUT2D eigenvalue weighted by Gasteiger charge is -2.39. The Hall–Kier alpha value is -1.62. The molecule has 9 heteroatoms. The molecule has 174 valence electrons. The van der Waals surface area contributed by atoms with E-state index in [0.29, 0.717) is 39.5 Å². The van der Waals surface area contributed by atoms with Gasteiger partial charge in [-0.25, -0.2) is 9.18 Å². The summed E-state index contributed by atoms with van der Waals surface area (Å²) in [5, 5.41) is 6.96. The van der Waals surface area contributed by atoms with Crippen LogP contribution in [0.2, 0.25) is 0 Å². The third kappa shape index (κ3) is 6.93. The fourth-order valence-corrected chi connectivity index (χ4v) is 4.20. The normalized spacial score (nSPS) is 19.3. The van der Waals surface area contributed by atoms with Crippen molar-refractivity contribution in [2.75, 3.05) is 46.5 Å². The molecule has 2 aliphatic heterocycles. The summed E-state index contributed by atoms with van der Waals surface area (Å²) in [4.78, 5) is 18.0. The molecule has 0 aliphatic carbocycles. The van der Waals surface area contributed by atoms with E-state index < -0.39 is 0 Å². The molecule has 0 radical (unpaired) electrons. The molecule has 1 aromatic rings. The van der Waals surface area contributed by atoms with Crippen molar-refractivity contribution in [2.24, 2.45) is 4.99 Å². The molecule has 0 spiro atoms. The molecule has 31 heavy (non-hydrogen) atoms. The van der Waals surface area contributed by atoms with Crippen molar-refractivity contribution < 1.29 is 18.7 Å². The van der Waals surface area contributed by atoms with E-state index in [1.165, 1.54) is 12.1 Å². The summed E-state index contributed by atoms with van der Waals surface area (Å²) in [7, 11) is 1.76. The molecule has 0 saturated carbocycles. The molecule has 0 bridgehead atoms. The molecular weight excluding hydrogens is 514 g/mol. The molecule has 1 amide bonds. The zero-order chi connectivity index (χ0) is 21.4. The van der Waals surface area contributed by atoms with E-state index in [1.54, 1.807) is 11.9 Å². The molecule has 0 atom stereocenters. The summed E-state index contributed by atoms with van der Waals surface area (Å²) in [6.07, 6.45) is 3.20. The third-order valence-electron chi connectivity index (χ3n) is 6.09. The van der Waals surface area contributed by atoms with Crippen LogP contribution < -0.4 is 10.6 Å². The number of benzene rings is 1. The fraction of sp³-hybridized carbons (Fsp3) is 0.636. The smallest absolute Gasteiger partial charge is 0.409 e. The van der Waals surface area contributed by atoms with Gasteiger partial charge in [0.1, 0.15) is 5.82 Å². The first-order chi connectivity index (χ1) is 14.6. The minimum absolute atomic E-state index is 0. The number of guanidine groups is 1. The van der Waals surface area contributed by atoms with Gasteiger partial charge >= 0.3 is 6.09 Å². The van der Waals surface area contributed by atoms with Crippen LogP contribution in [0.25, 0.3) is 0 Å². The molecule has 2 aliphatic rings. The number of nitrogens with zero attached hydrogens (tertiary/aromatic N) is 2. The van der Waals surface area contributed by atoms with Gasteiger partial charge in [-0.2, -0.15) is 0 Å². The number of hydrogen-bond donors (Lipinski definition) is 2. The number of halogens is 2. The van der Waals surface area contributed by atoms with Crippen molar-refractivity contribution in [3.8, 4) is 0 Å². The summed E-state index contributed by atoms with van der Waals surface area (Å²) in [6.45, 7) is 5.64. The topological polar surface area (TPSA) is 75.2 Å². The first-order valence-electron chi connectivity index (χ1n) is 10.8. The number of likely N-dealkylation sites (tertiary alicyclic amines) is 1. The summed E-state index contributed by atoms with van der Waals surface area (Å²) < 4.78 is 24.1. The van der Waals surface area contributed by atoms with Gasteiger partial charge in [0, 0.05) is 51.4 Å². The van der Waals surface area contributed by atoms with Crippen LogP contribution in [0.5, 0.6) is 0 Å². The predicted octanol–water partition coefficient (Wildman–Crippen LogP) is 3.28. The second-order valence-electron chi connectivity index (χ2n) is 7.93. The van der Waals surface area contributed by atoms with Crippen LogP contribution in [0, 0.1) is 5.82 Å². The van der Waals surface area contributed by atoms with Gasteiger partial charge in [0.2, 0.25) is 0 Å². The Bertz CT molecular complexity index is 718. The Morgan fingerprint density at radius 1 is 1.26 bits per heavy atom. The molecule has 2 saturated heterocycles. The average molecular weight is 548 g/mol. The van der Waals surface area contributed by atoms with E-state index in [1.807, 2.05) is 19.1 Å². The van der Waals surface area contributed by atoms with Gasteiger partial charge in [0.25, 0.3) is 0 Å². The standard InChI is InChI=1S/C22H33FN4O3.HI/c1-3-30-21(28)27-12-8-19(9-13-27)26-20(24-2)25-16-22(10-14-29-15-11-22)17-4-6-18(23)7-5-17;/h4-7,19H,3,8-16H2,1-2H3,(H2,24,25,26);1H. The van der Waals surface area contributed by atoms with Crippen molar-refractivity contribution in [1.29, 1.82) is 0 Å². The Morgan fingerprint density at radius 2 is 1.90 bits per heavy atom. The molecule has 0 aromatic heterocycles. The fourth-order valence-electron chi connectivity index (χ4n) is 4.20. The Labute approximate surface area is 201 Å². The number of amides is 1. The highest BCUT2D eigenvalue weighted by atomic mass is 127. The van der Waals surface area contributed by atoms with Crippen LogP contribution >= 0.6 is 24.0 Å². The Morgan fingerprint density at radius 3 is 2.48 bits per heavy atom. The Kier molecular flexibility index (Phi) is 10.3. The van der Waals surface area contributed by atoms with E-state index in [-0.39, 0.29) is 47.3 Å². The molecule has 2 fully saturated rings. The summed E-state index contributed by atoms with van der Waals surface area (Å²) >= 11 is 0. The number of ether oxygens (including phenoxy) is 2. The Balaban J connectivity index is 0.00000341. The van der Waals surface area contributed by atoms with Crippen molar-refractivity contribution in [1.82, 2.24) is 15.5 Å². The zero-order valence-electron chi connectivity index (χ0n) is 18.4. The maximum atomic E-state index is 13.4. The van der Waals surface area contributed by atoms with E-state index in [4.69, 9.17) is 9.47 Å². The molecular formula is C22H34FIN4O3. The predicted molar refractivity (Wildman–Crippen MR) is 130 cm³/mol. The van der Waals surface area contributed by atoms with Crippen LogP contribution in [-0.4, -0.2) is 69.5 Å². The number of rotatable bonds is 5. The van der Waals surface area contributed by atoms with E-state index in [0.717, 1.165) is 37.2 Å². The third-order valence-corrected chi connectivity index (χ3v) is 6.09. The number of nitrogens with one attached hydrogen (secondary N) is 2. The summed E-state index contributed by atoms with van der Waals surface area (Å²) in [6, 6.07) is 7.06. The number of piperidine rings is 1. The first-order valence-corrected chi connectivity index (χ1v) is 10.8. The number of hydrogen-bond acceptors (Lipinski definition) is 4. The van der Waals surface area contributed by atoms with Gasteiger partial charge in [-0.05, 0) is 50.3 Å². The number of aliphatic imine (C=N–C) groups is 1. The van der Waals surface area contributed by atoms with Crippen LogP contribution in [-0.2, 0) is 14.9 Å². The maximum Gasteiger partial charge on any atom is 0.409 e. The van der Waals surface area contributed by atoms with Gasteiger partial charge in [-0.3, -0.25) is 4.99 Å². The maximum absolute atomic E-state index is 13.4. The molecule has 0 unspecified atom stereocenters. The van der Waals surface area contributed by atoms with Gasteiger partial charge < -0.3 is 25.0 Å². The van der Waals surface area contributed by atoms with Crippen LogP contribution in [0.4, 0.5) is 9.18 Å². The first kappa shape index (κ1) is 25.6. The molecule has 3 rings (SSSR count). The van der Waals surface area contributed by atoms with Gasteiger partial charge in [-0.1, -0.05) is 12.1 Å². The van der Waals surface area contributed by atoms with Crippen molar-refractivity contribution in [3.63, 3.8) is 0 Å². The molecule has 1 aromatic carbocycles. The van der Waals surface area contributed by atoms with Crippen molar-refractivity contribution >= 4 is 36.0 Å². The minimum atomic E-state index is -0.237. The van der Waals surface area contributed by atoms with Gasteiger partial charge in [0.15, 0.2) is 5.96 Å². The lowest BCUT2D eigenvalue weighted by atomic mass is 9.74. The monoisotopic (exact) mass is 548 g/mol. The van der Waals surface area contributed by atoms with Crippen molar-refractivity contribution in [2.45, 2.75) is 44.1 Å². The van der Waals surface area contributed by atoms with E-state index in [2.05, 4.69) is 15.6 Å². The highest BCUT2D eigenvalue weighted by Crippen LogP contribution is 2.34. The molecule has 2 N–H and O–H groups in total. The van der Waals surface area contributed by atoms with E-state index in [9.17, 15) is 9.18 Å². The summed E-state index contributed by atoms with van der Waals surface area (Å²) in [5.41, 5.74) is 1.01. The second-order valence-corrected chi connectivity index (χ2v) is 7.93. The molecule has 2 heterocycles. The SMILES string of the molecule is CCOC(=O)N1CCC(NC(=NC)NCC2(c3ccc(F)cc3)CCOCC2)CC1.I. The average Bonchev–Trinajstić information content (AvgIpc) is 2.78. The van der Waals surface area contributed by atoms with Crippen molar-refractivity contribution in [3.05, 3.63) is 35.6 Å². The second kappa shape index (κ2) is 12.4. The summed E-state index contributed by atoms with van der Waals surface area (Å²) in [5.74, 6) is 0.526. The van der Waals surface area contributed by atoms with Crippen LogP contribution in [0.15, 0.2) is 29.3 Å². The zero-order valence-corrected chi connectivity index (χ0v) is 20.7. The van der Waals surface area contributed by atoms with Crippen LogP contribution in [0.1, 0.15) is 38.2 Å². The van der Waals surface area contributed by atoms with Gasteiger partial charge in [-0.15, -0.1) is 24.0 Å². The quantitative estimate of drug-likeness (QED) is 0.336. The van der Waals surface area contributed by atoms with E-state index >= 15 is 0 Å². The highest BCUT2D eigenvalue weighted by Gasteiger charge is 2.35. The lowest BCUT2D eigenvalue weighted by molar-refractivity contribution is 0.0513. The lowest BCUT2D eigenvalue weighted by Crippen LogP contribution is -2.52. The van der Waals surface area contributed by atoms with Gasteiger partial charge in [0.05, 0.1) is 6.61 Å². The number of carbonyl (C=O) groups is 1.